The normalized spacial score (nSPS) is 23.0. The molecular formula is C15H19FN2S. The Labute approximate surface area is 118 Å². The van der Waals surface area contributed by atoms with Crippen molar-refractivity contribution in [2.45, 2.75) is 43.5 Å². The number of nitriles is 1. The lowest BCUT2D eigenvalue weighted by molar-refractivity contribution is 0.376. The van der Waals surface area contributed by atoms with Gasteiger partial charge in [-0.1, -0.05) is 6.07 Å². The van der Waals surface area contributed by atoms with E-state index in [0.29, 0.717) is 23.7 Å². The molecule has 0 saturated heterocycles. The fourth-order valence-electron chi connectivity index (χ4n) is 2.52. The van der Waals surface area contributed by atoms with Crippen molar-refractivity contribution in [2.75, 3.05) is 6.26 Å². The van der Waals surface area contributed by atoms with E-state index in [1.54, 1.807) is 12.1 Å². The average Bonchev–Trinajstić information content (AvgIpc) is 2.46. The van der Waals surface area contributed by atoms with Gasteiger partial charge in [0.1, 0.15) is 5.82 Å². The van der Waals surface area contributed by atoms with Crippen LogP contribution in [0, 0.1) is 17.1 Å². The summed E-state index contributed by atoms with van der Waals surface area (Å²) in [5, 5.41) is 12.9. The predicted molar refractivity (Wildman–Crippen MR) is 77.5 cm³/mol. The minimum atomic E-state index is -0.288. The lowest BCUT2D eigenvalue weighted by Gasteiger charge is -2.28. The number of nitrogens with one attached hydrogen (secondary N) is 1. The van der Waals surface area contributed by atoms with Gasteiger partial charge < -0.3 is 5.32 Å². The maximum Gasteiger partial charge on any atom is 0.129 e. The lowest BCUT2D eigenvalue weighted by atomic mass is 9.95. The molecular weight excluding hydrogens is 259 g/mol. The summed E-state index contributed by atoms with van der Waals surface area (Å²) in [4.78, 5) is 0. The summed E-state index contributed by atoms with van der Waals surface area (Å²) in [5.41, 5.74) is 1.02. The minimum absolute atomic E-state index is 0.288. The summed E-state index contributed by atoms with van der Waals surface area (Å²) in [6.45, 7) is 0.548. The largest absolute Gasteiger partial charge is 0.310 e. The van der Waals surface area contributed by atoms with Gasteiger partial charge in [-0.3, -0.25) is 0 Å². The van der Waals surface area contributed by atoms with E-state index in [0.717, 1.165) is 5.25 Å². The first kappa shape index (κ1) is 14.4. The Bertz CT molecular complexity index is 462. The van der Waals surface area contributed by atoms with Crippen LogP contribution in [0.2, 0.25) is 0 Å². The van der Waals surface area contributed by atoms with Crippen molar-refractivity contribution in [1.29, 1.82) is 5.26 Å². The molecule has 1 aromatic carbocycles. The molecule has 2 nitrogen and oxygen atoms in total. The number of rotatable bonds is 4. The van der Waals surface area contributed by atoms with Crippen LogP contribution in [0.3, 0.4) is 0 Å². The molecule has 1 fully saturated rings. The fourth-order valence-corrected chi connectivity index (χ4v) is 3.26. The smallest absolute Gasteiger partial charge is 0.129 e. The van der Waals surface area contributed by atoms with Crippen molar-refractivity contribution in [3.8, 4) is 6.07 Å². The fraction of sp³-hybridized carbons (Fsp3) is 0.533. The Hall–Kier alpha value is -1.05. The van der Waals surface area contributed by atoms with Crippen LogP contribution in [0.4, 0.5) is 4.39 Å². The molecule has 19 heavy (non-hydrogen) atoms. The Morgan fingerprint density at radius 3 is 2.68 bits per heavy atom. The number of benzene rings is 1. The third-order valence-electron chi connectivity index (χ3n) is 3.77. The molecule has 0 aromatic heterocycles. The van der Waals surface area contributed by atoms with Crippen LogP contribution >= 0.6 is 11.8 Å². The molecule has 2 rings (SSSR count). The van der Waals surface area contributed by atoms with Crippen molar-refractivity contribution < 1.29 is 4.39 Å². The van der Waals surface area contributed by atoms with Gasteiger partial charge in [-0.15, -0.1) is 0 Å². The Balaban J connectivity index is 1.85. The summed E-state index contributed by atoms with van der Waals surface area (Å²) in [6.07, 6.45) is 7.00. The first-order chi connectivity index (χ1) is 9.22. The highest BCUT2D eigenvalue weighted by molar-refractivity contribution is 7.99. The topological polar surface area (TPSA) is 35.8 Å². The predicted octanol–water partition coefficient (Wildman–Crippen LogP) is 3.46. The van der Waals surface area contributed by atoms with E-state index in [1.807, 2.05) is 17.8 Å². The van der Waals surface area contributed by atoms with Gasteiger partial charge in [0.05, 0.1) is 11.6 Å². The van der Waals surface area contributed by atoms with Gasteiger partial charge in [-0.25, -0.2) is 4.39 Å². The first-order valence-electron chi connectivity index (χ1n) is 6.67. The second-order valence-electron chi connectivity index (χ2n) is 5.01. The van der Waals surface area contributed by atoms with Crippen LogP contribution in [0.15, 0.2) is 18.2 Å². The summed E-state index contributed by atoms with van der Waals surface area (Å²) in [5.74, 6) is -0.288. The van der Waals surface area contributed by atoms with E-state index in [1.165, 1.54) is 31.7 Å². The summed E-state index contributed by atoms with van der Waals surface area (Å²) >= 11 is 1.95. The molecule has 0 heterocycles. The van der Waals surface area contributed by atoms with E-state index in [9.17, 15) is 4.39 Å². The molecule has 1 aliphatic carbocycles. The number of halogens is 1. The first-order valence-corrected chi connectivity index (χ1v) is 7.96. The quantitative estimate of drug-likeness (QED) is 0.916. The van der Waals surface area contributed by atoms with Gasteiger partial charge in [0.25, 0.3) is 0 Å². The summed E-state index contributed by atoms with van der Waals surface area (Å²) in [7, 11) is 0. The second kappa shape index (κ2) is 6.93. The summed E-state index contributed by atoms with van der Waals surface area (Å²) < 4.78 is 13.7. The minimum Gasteiger partial charge on any atom is -0.310 e. The molecule has 1 aliphatic rings. The Morgan fingerprint density at radius 2 is 2.11 bits per heavy atom. The third-order valence-corrected chi connectivity index (χ3v) is 4.91. The maximum atomic E-state index is 13.7. The molecule has 0 spiro atoms. The number of nitrogens with zero attached hydrogens (tertiary/aromatic N) is 1. The van der Waals surface area contributed by atoms with Crippen LogP contribution in [-0.2, 0) is 6.54 Å². The molecule has 0 amide bonds. The lowest BCUT2D eigenvalue weighted by Crippen LogP contribution is -2.33. The van der Waals surface area contributed by atoms with Gasteiger partial charge in [-0.05, 0) is 44.1 Å². The van der Waals surface area contributed by atoms with Crippen molar-refractivity contribution in [3.05, 3.63) is 35.1 Å². The zero-order valence-corrected chi connectivity index (χ0v) is 12.0. The average molecular weight is 278 g/mol. The number of thioether (sulfide) groups is 1. The molecule has 0 bridgehead atoms. The van der Waals surface area contributed by atoms with Crippen molar-refractivity contribution in [3.63, 3.8) is 0 Å². The highest BCUT2D eigenvalue weighted by atomic mass is 32.2. The van der Waals surface area contributed by atoms with E-state index in [4.69, 9.17) is 5.26 Å². The third kappa shape index (κ3) is 3.95. The number of hydrogen-bond donors (Lipinski definition) is 1. The molecule has 0 radical (unpaired) electrons. The monoisotopic (exact) mass is 278 g/mol. The highest BCUT2D eigenvalue weighted by Gasteiger charge is 2.20. The van der Waals surface area contributed by atoms with Crippen LogP contribution < -0.4 is 5.32 Å². The van der Waals surface area contributed by atoms with Crippen molar-refractivity contribution in [1.82, 2.24) is 5.32 Å². The molecule has 0 unspecified atom stereocenters. The van der Waals surface area contributed by atoms with Crippen LogP contribution in [0.1, 0.15) is 36.8 Å². The van der Waals surface area contributed by atoms with E-state index in [2.05, 4.69) is 11.6 Å². The van der Waals surface area contributed by atoms with E-state index < -0.39 is 0 Å². The van der Waals surface area contributed by atoms with Gasteiger partial charge in [0.15, 0.2) is 0 Å². The van der Waals surface area contributed by atoms with E-state index >= 15 is 0 Å². The van der Waals surface area contributed by atoms with Gasteiger partial charge in [0, 0.05) is 23.4 Å². The molecule has 4 heteroatoms. The highest BCUT2D eigenvalue weighted by Crippen LogP contribution is 2.27. The second-order valence-corrected chi connectivity index (χ2v) is 6.15. The zero-order valence-electron chi connectivity index (χ0n) is 11.2. The van der Waals surface area contributed by atoms with Crippen molar-refractivity contribution in [2.24, 2.45) is 0 Å². The Morgan fingerprint density at radius 1 is 1.37 bits per heavy atom. The van der Waals surface area contributed by atoms with Crippen LogP contribution in [0.5, 0.6) is 0 Å². The molecule has 1 N–H and O–H groups in total. The van der Waals surface area contributed by atoms with Crippen LogP contribution in [-0.4, -0.2) is 17.5 Å². The molecule has 0 atom stereocenters. The standard InChI is InChI=1S/C15H19FN2S/c1-19-14-6-4-13(5-7-14)18-10-12-3-2-11(9-17)8-15(12)16/h2-3,8,13-14,18H,4-7,10H2,1H3. The molecule has 1 aromatic rings. The SMILES string of the molecule is CSC1CCC(NCc2ccc(C#N)cc2F)CC1. The van der Waals surface area contributed by atoms with E-state index in [-0.39, 0.29) is 5.82 Å². The number of hydrogen-bond acceptors (Lipinski definition) is 3. The molecule has 102 valence electrons. The van der Waals surface area contributed by atoms with Crippen LogP contribution in [0.25, 0.3) is 0 Å². The van der Waals surface area contributed by atoms with Gasteiger partial charge in [0.2, 0.25) is 0 Å². The van der Waals surface area contributed by atoms with Gasteiger partial charge >= 0.3 is 0 Å². The van der Waals surface area contributed by atoms with Gasteiger partial charge in [-0.2, -0.15) is 17.0 Å². The molecule has 0 aliphatic heterocycles. The zero-order chi connectivity index (χ0) is 13.7. The summed E-state index contributed by atoms with van der Waals surface area (Å²) in [6, 6.07) is 7.13. The Kier molecular flexibility index (Phi) is 5.24. The van der Waals surface area contributed by atoms with Crippen molar-refractivity contribution >= 4 is 11.8 Å². The maximum absolute atomic E-state index is 13.7. The molecule has 1 saturated carbocycles.